The molecule has 1 amide bonds. The first-order valence-electron chi connectivity index (χ1n) is 12.0. The molecular formula is C28H24ClN7O2. The maximum absolute atomic E-state index is 13.4. The first-order valence-corrected chi connectivity index (χ1v) is 12.4. The number of fused-ring (bicyclic) bond motifs is 1. The van der Waals surface area contributed by atoms with Crippen LogP contribution >= 0.6 is 11.6 Å². The summed E-state index contributed by atoms with van der Waals surface area (Å²) in [5.41, 5.74) is 4.91. The van der Waals surface area contributed by atoms with Gasteiger partial charge in [0, 0.05) is 34.2 Å². The molecule has 5 rings (SSSR count). The number of nitrogens with one attached hydrogen (secondary N) is 2. The molecule has 0 saturated heterocycles. The highest BCUT2D eigenvalue weighted by Crippen LogP contribution is 2.21. The Morgan fingerprint density at radius 1 is 1.08 bits per heavy atom. The van der Waals surface area contributed by atoms with Crippen LogP contribution in [-0.2, 0) is 22.4 Å². The van der Waals surface area contributed by atoms with Crippen molar-refractivity contribution in [3.05, 3.63) is 107 Å². The predicted octanol–water partition coefficient (Wildman–Crippen LogP) is 4.05. The van der Waals surface area contributed by atoms with E-state index in [1.807, 2.05) is 55.5 Å². The summed E-state index contributed by atoms with van der Waals surface area (Å²) in [6.45, 7) is 1.94. The summed E-state index contributed by atoms with van der Waals surface area (Å²) >= 11 is 6.18. The Bertz CT molecular complexity index is 1610. The quantitative estimate of drug-likeness (QED) is 0.280. The molecule has 0 unspecified atom stereocenters. The van der Waals surface area contributed by atoms with Gasteiger partial charge >= 0.3 is 0 Å². The van der Waals surface area contributed by atoms with Crippen LogP contribution in [0.25, 0.3) is 22.7 Å². The lowest BCUT2D eigenvalue weighted by Crippen LogP contribution is -2.42. The molecule has 2 heterocycles. The topological polar surface area (TPSA) is 118 Å². The van der Waals surface area contributed by atoms with Crippen LogP contribution in [0.1, 0.15) is 22.4 Å². The van der Waals surface area contributed by atoms with Crippen LogP contribution in [0, 0.1) is 6.92 Å². The number of carbonyl (C=O) groups excluding carboxylic acids is 2. The Kier molecular flexibility index (Phi) is 7.37. The molecule has 190 valence electrons. The molecule has 10 heteroatoms. The summed E-state index contributed by atoms with van der Waals surface area (Å²) in [5, 5.41) is 22.8. The molecule has 38 heavy (non-hydrogen) atoms. The number of halogens is 1. The Labute approximate surface area is 223 Å². The fourth-order valence-corrected chi connectivity index (χ4v) is 4.42. The number of aryl methyl sites for hydroxylation is 1. The maximum atomic E-state index is 13.4. The molecule has 0 aliphatic carbocycles. The van der Waals surface area contributed by atoms with E-state index in [9.17, 15) is 9.59 Å². The monoisotopic (exact) mass is 525 g/mol. The van der Waals surface area contributed by atoms with Crippen molar-refractivity contribution in [2.24, 2.45) is 0 Å². The number of nitrogens with zero attached hydrogens (tertiary/aromatic N) is 5. The molecule has 0 aliphatic heterocycles. The van der Waals surface area contributed by atoms with Crippen molar-refractivity contribution < 1.29 is 9.59 Å². The number of aromatic amines is 1. The van der Waals surface area contributed by atoms with Crippen LogP contribution in [0.2, 0.25) is 5.02 Å². The van der Waals surface area contributed by atoms with E-state index in [-0.39, 0.29) is 12.2 Å². The van der Waals surface area contributed by atoms with Crippen molar-refractivity contribution in [2.75, 3.05) is 0 Å². The van der Waals surface area contributed by atoms with Gasteiger partial charge in [0.05, 0.1) is 17.2 Å². The molecule has 0 spiro atoms. The smallest absolute Gasteiger partial charge is 0.244 e. The van der Waals surface area contributed by atoms with Crippen LogP contribution in [0.5, 0.6) is 0 Å². The number of hydrogen-bond donors (Lipinski definition) is 2. The largest absolute Gasteiger partial charge is 0.342 e. The predicted molar refractivity (Wildman–Crippen MR) is 145 cm³/mol. The van der Waals surface area contributed by atoms with Gasteiger partial charge in [-0.05, 0) is 71.3 Å². The average molecular weight is 526 g/mol. The summed E-state index contributed by atoms with van der Waals surface area (Å²) in [6, 6.07) is 19.8. The number of Topliss-reactive ketones (excluding diaryl/α,β-unsaturated/α-hetero) is 1. The molecule has 5 aromatic rings. The van der Waals surface area contributed by atoms with Gasteiger partial charge in [0.25, 0.3) is 0 Å². The molecule has 0 saturated carbocycles. The lowest BCUT2D eigenvalue weighted by Gasteiger charge is -2.17. The molecule has 2 aromatic heterocycles. The highest BCUT2D eigenvalue weighted by atomic mass is 35.5. The van der Waals surface area contributed by atoms with Gasteiger partial charge in [-0.2, -0.15) is 9.78 Å². The van der Waals surface area contributed by atoms with Crippen molar-refractivity contribution in [1.29, 1.82) is 0 Å². The van der Waals surface area contributed by atoms with Crippen molar-refractivity contribution >= 4 is 40.3 Å². The van der Waals surface area contributed by atoms with Gasteiger partial charge in [-0.15, -0.1) is 5.10 Å². The molecular weight excluding hydrogens is 502 g/mol. The van der Waals surface area contributed by atoms with E-state index in [0.717, 1.165) is 27.7 Å². The standard InChI is InChI=1S/C28H24ClN7O2/c1-18-23-13-20(7-10-24(23)33-32-18)15-27(37)25(14-19-5-3-2-4-6-19)31-28(38)12-8-21-16-22(29)9-11-26(21)36-17-30-34-35-36/h2-13,16-17,25H,14-15H2,1H3,(H,31,38)(H,32,33)/b12-8+/t25-/m0/s1. The number of carbonyl (C=O) groups is 2. The minimum Gasteiger partial charge on any atom is -0.342 e. The molecule has 0 fully saturated rings. The van der Waals surface area contributed by atoms with Gasteiger partial charge in [0.15, 0.2) is 5.78 Å². The number of ketones is 1. The summed E-state index contributed by atoms with van der Waals surface area (Å²) in [6.07, 6.45) is 5.01. The molecule has 0 radical (unpaired) electrons. The number of amides is 1. The summed E-state index contributed by atoms with van der Waals surface area (Å²) < 4.78 is 1.48. The summed E-state index contributed by atoms with van der Waals surface area (Å²) in [5.74, 6) is -0.490. The maximum Gasteiger partial charge on any atom is 0.244 e. The first kappa shape index (κ1) is 25.0. The zero-order valence-corrected chi connectivity index (χ0v) is 21.3. The first-order chi connectivity index (χ1) is 18.5. The van der Waals surface area contributed by atoms with E-state index in [1.54, 1.807) is 24.3 Å². The van der Waals surface area contributed by atoms with Crippen molar-refractivity contribution in [3.63, 3.8) is 0 Å². The van der Waals surface area contributed by atoms with Gasteiger partial charge in [-0.1, -0.05) is 48.0 Å². The zero-order chi connectivity index (χ0) is 26.5. The lowest BCUT2D eigenvalue weighted by atomic mass is 9.97. The number of hydrogen-bond acceptors (Lipinski definition) is 6. The van der Waals surface area contributed by atoms with Gasteiger partial charge < -0.3 is 5.32 Å². The van der Waals surface area contributed by atoms with Gasteiger partial charge in [0.1, 0.15) is 6.33 Å². The average Bonchev–Trinajstić information content (AvgIpc) is 3.58. The van der Waals surface area contributed by atoms with Crippen molar-refractivity contribution in [3.8, 4) is 5.69 Å². The number of tetrazole rings is 1. The highest BCUT2D eigenvalue weighted by Gasteiger charge is 2.21. The van der Waals surface area contributed by atoms with E-state index in [4.69, 9.17) is 11.6 Å². The highest BCUT2D eigenvalue weighted by molar-refractivity contribution is 6.30. The normalized spacial score (nSPS) is 12.2. The van der Waals surface area contributed by atoms with E-state index in [2.05, 4.69) is 31.0 Å². The Hall–Kier alpha value is -4.63. The van der Waals surface area contributed by atoms with Crippen LogP contribution in [0.4, 0.5) is 0 Å². The van der Waals surface area contributed by atoms with Crippen LogP contribution in [0.3, 0.4) is 0 Å². The summed E-state index contributed by atoms with van der Waals surface area (Å²) in [7, 11) is 0. The molecule has 3 aromatic carbocycles. The minimum atomic E-state index is -0.714. The Morgan fingerprint density at radius 3 is 2.71 bits per heavy atom. The minimum absolute atomic E-state index is 0.0896. The van der Waals surface area contributed by atoms with E-state index < -0.39 is 11.9 Å². The number of benzene rings is 3. The Balaban J connectivity index is 1.35. The van der Waals surface area contributed by atoms with E-state index >= 15 is 0 Å². The third kappa shape index (κ3) is 5.84. The molecule has 2 N–H and O–H groups in total. The third-order valence-corrected chi connectivity index (χ3v) is 6.41. The SMILES string of the molecule is Cc1[nH]nc2ccc(CC(=O)[C@H](Cc3ccccc3)NC(=O)/C=C/c3cc(Cl)ccc3-n3cnnn3)cc12. The second-order valence-corrected chi connectivity index (χ2v) is 9.32. The van der Waals surface area contributed by atoms with Gasteiger partial charge in [-0.25, -0.2) is 0 Å². The van der Waals surface area contributed by atoms with E-state index in [0.29, 0.717) is 22.7 Å². The van der Waals surface area contributed by atoms with Crippen LogP contribution in [0.15, 0.2) is 79.1 Å². The van der Waals surface area contributed by atoms with Crippen LogP contribution in [-0.4, -0.2) is 48.1 Å². The van der Waals surface area contributed by atoms with Crippen molar-refractivity contribution in [2.45, 2.75) is 25.8 Å². The second-order valence-electron chi connectivity index (χ2n) is 8.88. The number of aromatic nitrogens is 6. The second kappa shape index (κ2) is 11.2. The van der Waals surface area contributed by atoms with Crippen molar-refractivity contribution in [1.82, 2.24) is 35.7 Å². The molecule has 1 atom stereocenters. The van der Waals surface area contributed by atoms with E-state index in [1.165, 1.54) is 17.1 Å². The fraction of sp³-hybridized carbons (Fsp3) is 0.143. The van der Waals surface area contributed by atoms with Gasteiger partial charge in [-0.3, -0.25) is 14.7 Å². The lowest BCUT2D eigenvalue weighted by molar-refractivity contribution is -0.125. The molecule has 0 bridgehead atoms. The third-order valence-electron chi connectivity index (χ3n) is 6.17. The molecule has 0 aliphatic rings. The van der Waals surface area contributed by atoms with Gasteiger partial charge in [0.2, 0.25) is 5.91 Å². The number of H-pyrrole nitrogens is 1. The van der Waals surface area contributed by atoms with Crippen LogP contribution < -0.4 is 5.32 Å². The fourth-order valence-electron chi connectivity index (χ4n) is 4.24. The summed E-state index contributed by atoms with van der Waals surface area (Å²) in [4.78, 5) is 26.4. The number of rotatable bonds is 9. The zero-order valence-electron chi connectivity index (χ0n) is 20.5. The Morgan fingerprint density at radius 2 is 1.92 bits per heavy atom. The molecule has 9 nitrogen and oxygen atoms in total.